The minimum Gasteiger partial charge on any atom is -0.444 e. The number of nitrogens with one attached hydrogen (secondary N) is 2. The normalized spacial score (nSPS) is 21.0. The molecule has 1 amide bonds. The van der Waals surface area contributed by atoms with E-state index in [-0.39, 0.29) is 17.9 Å². The molecule has 0 heterocycles. The van der Waals surface area contributed by atoms with Crippen LogP contribution in [0.3, 0.4) is 0 Å². The Morgan fingerprint density at radius 1 is 1.43 bits per heavy atom. The second-order valence-electron chi connectivity index (χ2n) is 6.21. The summed E-state index contributed by atoms with van der Waals surface area (Å²) in [6.07, 6.45) is 0.454. The topological polar surface area (TPSA) is 50.4 Å². The quantitative estimate of drug-likeness (QED) is 0.867. The minimum atomic E-state index is -0.492. The first kappa shape index (κ1) is 16.2. The van der Waals surface area contributed by atoms with E-state index in [1.165, 1.54) is 12.1 Å². The first-order chi connectivity index (χ1) is 9.74. The lowest BCUT2D eigenvalue weighted by Crippen LogP contribution is -2.36. The lowest BCUT2D eigenvalue weighted by Gasteiger charge is -2.19. The summed E-state index contributed by atoms with van der Waals surface area (Å²) in [5.41, 5.74) is 0.367. The van der Waals surface area contributed by atoms with Crippen molar-refractivity contribution in [2.24, 2.45) is 0 Å². The predicted octanol–water partition coefficient (Wildman–Crippen LogP) is 3.34. The second-order valence-corrected chi connectivity index (χ2v) is 7.07. The second kappa shape index (κ2) is 6.32. The Balaban J connectivity index is 1.75. The zero-order valence-electron chi connectivity index (χ0n) is 12.4. The van der Waals surface area contributed by atoms with E-state index in [4.69, 9.17) is 4.74 Å². The zero-order chi connectivity index (χ0) is 15.6. The Hall–Kier alpha value is -1.14. The number of hydrogen-bond donors (Lipinski definition) is 2. The van der Waals surface area contributed by atoms with Crippen LogP contribution in [-0.2, 0) is 11.3 Å². The van der Waals surface area contributed by atoms with E-state index >= 15 is 0 Å². The molecule has 0 spiro atoms. The first-order valence-electron chi connectivity index (χ1n) is 6.91. The molecule has 0 bridgehead atoms. The van der Waals surface area contributed by atoms with Crippen LogP contribution in [0.4, 0.5) is 9.18 Å². The van der Waals surface area contributed by atoms with E-state index in [1.807, 2.05) is 20.8 Å². The molecule has 2 N–H and O–H groups in total. The molecule has 0 aromatic heterocycles. The lowest BCUT2D eigenvalue weighted by atomic mass is 10.2. The van der Waals surface area contributed by atoms with Crippen molar-refractivity contribution >= 4 is 22.0 Å². The number of ether oxygens (including phenoxy) is 1. The largest absolute Gasteiger partial charge is 0.444 e. The number of alkyl carbamates (subject to hydrolysis) is 1. The van der Waals surface area contributed by atoms with Gasteiger partial charge >= 0.3 is 6.09 Å². The van der Waals surface area contributed by atoms with E-state index in [0.717, 1.165) is 16.5 Å². The highest BCUT2D eigenvalue weighted by Crippen LogP contribution is 2.24. The number of benzene rings is 1. The predicted molar refractivity (Wildman–Crippen MR) is 82.5 cm³/mol. The Labute approximate surface area is 132 Å². The average Bonchev–Trinajstić information content (AvgIpc) is 3.06. The van der Waals surface area contributed by atoms with Crippen LogP contribution < -0.4 is 10.6 Å². The summed E-state index contributed by atoms with van der Waals surface area (Å²) in [5, 5.41) is 6.11. The molecule has 1 saturated carbocycles. The van der Waals surface area contributed by atoms with Gasteiger partial charge < -0.3 is 15.4 Å². The molecule has 2 unspecified atom stereocenters. The number of carbonyl (C=O) groups is 1. The maximum Gasteiger partial charge on any atom is 0.407 e. The Morgan fingerprint density at radius 2 is 2.14 bits per heavy atom. The van der Waals surface area contributed by atoms with Gasteiger partial charge in [0.25, 0.3) is 0 Å². The molecule has 6 heteroatoms. The van der Waals surface area contributed by atoms with Crippen LogP contribution in [0.5, 0.6) is 0 Å². The highest BCUT2D eigenvalue weighted by Gasteiger charge is 2.38. The summed E-state index contributed by atoms with van der Waals surface area (Å²) in [7, 11) is 0. The Bertz CT molecular complexity index is 531. The van der Waals surface area contributed by atoms with E-state index in [9.17, 15) is 9.18 Å². The molecule has 1 fully saturated rings. The third kappa shape index (κ3) is 5.28. The van der Waals surface area contributed by atoms with Crippen molar-refractivity contribution in [1.82, 2.24) is 10.6 Å². The first-order valence-corrected chi connectivity index (χ1v) is 7.71. The number of carbonyl (C=O) groups excluding carboxylic acids is 1. The third-order valence-electron chi connectivity index (χ3n) is 3.06. The molecule has 2 rings (SSSR count). The molecule has 1 aliphatic rings. The van der Waals surface area contributed by atoms with Gasteiger partial charge in [-0.05, 0) is 51.0 Å². The standard InChI is InChI=1S/C15H20BrFN2O2/c1-15(2,3)21-14(20)19-13-7-12(13)18-8-9-6-10(17)4-5-11(9)16/h4-6,12-13,18H,7-8H2,1-3H3,(H,19,20). The fourth-order valence-corrected chi connectivity index (χ4v) is 2.35. The summed E-state index contributed by atoms with van der Waals surface area (Å²) < 4.78 is 19.2. The van der Waals surface area contributed by atoms with Crippen molar-refractivity contribution in [1.29, 1.82) is 0 Å². The number of amides is 1. The average molecular weight is 359 g/mol. The van der Waals surface area contributed by atoms with Crippen LogP contribution >= 0.6 is 15.9 Å². The number of hydrogen-bond acceptors (Lipinski definition) is 3. The number of rotatable bonds is 4. The SMILES string of the molecule is CC(C)(C)OC(=O)NC1CC1NCc1cc(F)ccc1Br. The highest BCUT2D eigenvalue weighted by molar-refractivity contribution is 9.10. The summed E-state index contributed by atoms with van der Waals surface area (Å²) in [6, 6.07) is 4.88. The van der Waals surface area contributed by atoms with E-state index < -0.39 is 11.7 Å². The molecule has 0 saturated heterocycles. The van der Waals surface area contributed by atoms with Gasteiger partial charge in [0.15, 0.2) is 0 Å². The van der Waals surface area contributed by atoms with E-state index in [2.05, 4.69) is 26.6 Å². The molecular formula is C15H20BrFN2O2. The summed E-state index contributed by atoms with van der Waals surface area (Å²) >= 11 is 3.39. The molecule has 116 valence electrons. The molecular weight excluding hydrogens is 339 g/mol. The Morgan fingerprint density at radius 3 is 2.81 bits per heavy atom. The third-order valence-corrected chi connectivity index (χ3v) is 3.83. The van der Waals surface area contributed by atoms with Crippen molar-refractivity contribution in [2.45, 2.75) is 51.4 Å². The molecule has 1 aromatic rings. The van der Waals surface area contributed by atoms with Gasteiger partial charge in [-0.15, -0.1) is 0 Å². The van der Waals surface area contributed by atoms with Gasteiger partial charge in [-0.25, -0.2) is 9.18 Å². The summed E-state index contributed by atoms with van der Waals surface area (Å²) in [4.78, 5) is 11.6. The van der Waals surface area contributed by atoms with Crippen LogP contribution in [0.1, 0.15) is 32.8 Å². The van der Waals surface area contributed by atoms with Gasteiger partial charge in [0.1, 0.15) is 11.4 Å². The molecule has 1 aliphatic carbocycles. The van der Waals surface area contributed by atoms with Gasteiger partial charge in [0.2, 0.25) is 0 Å². The van der Waals surface area contributed by atoms with Crippen molar-refractivity contribution in [3.05, 3.63) is 34.1 Å². The fraction of sp³-hybridized carbons (Fsp3) is 0.533. The zero-order valence-corrected chi connectivity index (χ0v) is 14.0. The fourth-order valence-electron chi connectivity index (χ4n) is 1.96. The molecule has 4 nitrogen and oxygen atoms in total. The lowest BCUT2D eigenvalue weighted by molar-refractivity contribution is 0.0522. The maximum absolute atomic E-state index is 13.2. The summed E-state index contributed by atoms with van der Waals surface area (Å²) in [6.45, 7) is 6.04. The van der Waals surface area contributed by atoms with Crippen LogP contribution in [0.15, 0.2) is 22.7 Å². The molecule has 0 aliphatic heterocycles. The monoisotopic (exact) mass is 358 g/mol. The van der Waals surface area contributed by atoms with Crippen molar-refractivity contribution in [3.8, 4) is 0 Å². The van der Waals surface area contributed by atoms with Crippen molar-refractivity contribution in [2.75, 3.05) is 0 Å². The minimum absolute atomic E-state index is 0.0761. The van der Waals surface area contributed by atoms with Crippen LogP contribution in [0.2, 0.25) is 0 Å². The molecule has 0 radical (unpaired) electrons. The van der Waals surface area contributed by atoms with Crippen molar-refractivity contribution in [3.63, 3.8) is 0 Å². The van der Waals surface area contributed by atoms with Crippen LogP contribution in [0, 0.1) is 5.82 Å². The van der Waals surface area contributed by atoms with Crippen molar-refractivity contribution < 1.29 is 13.9 Å². The molecule has 21 heavy (non-hydrogen) atoms. The van der Waals surface area contributed by atoms with Crippen LogP contribution in [-0.4, -0.2) is 23.8 Å². The van der Waals surface area contributed by atoms with Gasteiger partial charge in [0.05, 0.1) is 0 Å². The Kier molecular flexibility index (Phi) is 4.88. The highest BCUT2D eigenvalue weighted by atomic mass is 79.9. The van der Waals surface area contributed by atoms with Gasteiger partial charge in [-0.1, -0.05) is 15.9 Å². The summed E-state index contributed by atoms with van der Waals surface area (Å²) in [5.74, 6) is -0.255. The van der Waals surface area contributed by atoms with Gasteiger partial charge in [0, 0.05) is 23.1 Å². The maximum atomic E-state index is 13.2. The molecule has 2 atom stereocenters. The smallest absolute Gasteiger partial charge is 0.407 e. The molecule has 1 aromatic carbocycles. The number of halogens is 2. The van der Waals surface area contributed by atoms with Gasteiger partial charge in [-0.2, -0.15) is 0 Å². The van der Waals surface area contributed by atoms with Gasteiger partial charge in [-0.3, -0.25) is 0 Å². The van der Waals surface area contributed by atoms with E-state index in [1.54, 1.807) is 6.07 Å². The van der Waals surface area contributed by atoms with Crippen LogP contribution in [0.25, 0.3) is 0 Å². The van der Waals surface area contributed by atoms with E-state index in [0.29, 0.717) is 6.54 Å².